The van der Waals surface area contributed by atoms with Crippen LogP contribution < -0.4 is 4.74 Å². The largest absolute Gasteiger partial charge is 0.573 e. The number of alkyl halides is 3. The van der Waals surface area contributed by atoms with Crippen LogP contribution in [0.4, 0.5) is 18.0 Å². The maximum Gasteiger partial charge on any atom is 0.573 e. The zero-order valence-electron chi connectivity index (χ0n) is 17.6. The second-order valence-electron chi connectivity index (χ2n) is 9.42. The van der Waals surface area contributed by atoms with Crippen molar-refractivity contribution >= 4 is 6.09 Å². The highest BCUT2D eigenvalue weighted by molar-refractivity contribution is 5.69. The van der Waals surface area contributed by atoms with E-state index in [2.05, 4.69) is 4.74 Å². The van der Waals surface area contributed by atoms with Crippen LogP contribution in [0.15, 0.2) is 18.2 Å². The van der Waals surface area contributed by atoms with Crippen molar-refractivity contribution in [3.05, 3.63) is 29.3 Å². The minimum atomic E-state index is -4.68. The van der Waals surface area contributed by atoms with Gasteiger partial charge < -0.3 is 14.4 Å². The number of likely N-dealkylation sites (tertiary alicyclic amines) is 1. The lowest BCUT2D eigenvalue weighted by atomic mass is 9.65. The van der Waals surface area contributed by atoms with E-state index in [1.54, 1.807) is 4.90 Å². The van der Waals surface area contributed by atoms with Crippen molar-refractivity contribution in [2.75, 3.05) is 13.1 Å². The summed E-state index contributed by atoms with van der Waals surface area (Å²) < 4.78 is 47.5. The van der Waals surface area contributed by atoms with Gasteiger partial charge in [-0.05, 0) is 82.1 Å². The number of rotatable bonds is 3. The molecule has 0 atom stereocenters. The molecule has 162 valence electrons. The van der Waals surface area contributed by atoms with E-state index < -0.39 is 12.0 Å². The molecule has 0 unspecified atom stereocenters. The van der Waals surface area contributed by atoms with Crippen LogP contribution in [-0.2, 0) is 11.2 Å². The van der Waals surface area contributed by atoms with E-state index in [1.165, 1.54) is 12.1 Å². The van der Waals surface area contributed by atoms with Crippen LogP contribution in [0.2, 0.25) is 0 Å². The number of aryl methyl sites for hydroxylation is 1. The minimum Gasteiger partial charge on any atom is -0.444 e. The molecule has 0 N–H and O–H groups in total. The lowest BCUT2D eigenvalue weighted by molar-refractivity contribution is -0.274. The Bertz CT molecular complexity index is 739. The van der Waals surface area contributed by atoms with Gasteiger partial charge in [-0.2, -0.15) is 0 Å². The normalized spacial score (nSPS) is 19.8. The van der Waals surface area contributed by atoms with Crippen LogP contribution in [0.1, 0.15) is 70.4 Å². The lowest BCUT2D eigenvalue weighted by Crippen LogP contribution is -2.60. The molecule has 0 aromatic heterocycles. The molecule has 4 nitrogen and oxygen atoms in total. The van der Waals surface area contributed by atoms with Crippen molar-refractivity contribution in [2.24, 2.45) is 5.41 Å². The van der Waals surface area contributed by atoms with Crippen molar-refractivity contribution in [3.63, 3.8) is 0 Å². The van der Waals surface area contributed by atoms with E-state index in [-0.39, 0.29) is 23.2 Å². The number of benzene rings is 1. The number of hydrogen-bond donors (Lipinski definition) is 0. The topological polar surface area (TPSA) is 38.8 Å². The summed E-state index contributed by atoms with van der Waals surface area (Å²) in [5.41, 5.74) is 1.39. The van der Waals surface area contributed by atoms with Crippen LogP contribution in [0, 0.1) is 5.41 Å². The third kappa shape index (κ3) is 5.58. The zero-order chi connectivity index (χ0) is 21.4. The molecule has 1 aliphatic carbocycles. The van der Waals surface area contributed by atoms with Crippen LogP contribution in [-0.4, -0.2) is 36.0 Å². The summed E-state index contributed by atoms with van der Waals surface area (Å²) in [4.78, 5) is 13.9. The highest BCUT2D eigenvalue weighted by Gasteiger charge is 2.48. The molecule has 1 spiro atoms. The minimum absolute atomic E-state index is 0.126. The van der Waals surface area contributed by atoms with E-state index in [9.17, 15) is 18.0 Å². The van der Waals surface area contributed by atoms with Crippen molar-refractivity contribution in [1.29, 1.82) is 0 Å². The van der Waals surface area contributed by atoms with Crippen LogP contribution in [0.3, 0.4) is 0 Å². The molecule has 1 heterocycles. The van der Waals surface area contributed by atoms with Gasteiger partial charge in [0.1, 0.15) is 11.4 Å². The number of amides is 1. The predicted octanol–water partition coefficient (Wildman–Crippen LogP) is 6.04. The monoisotopic (exact) mass is 413 g/mol. The molecule has 1 saturated heterocycles. The average Bonchev–Trinajstić information content (AvgIpc) is 2.56. The molecular formula is C22H30F3NO3. The fraction of sp³-hybridized carbons (Fsp3) is 0.682. The highest BCUT2D eigenvalue weighted by atomic mass is 19.4. The van der Waals surface area contributed by atoms with Gasteiger partial charge in [0.2, 0.25) is 0 Å². The SMILES string of the molecule is CCc1cc(OC(F)(F)F)cc(C2CCC3(CC2)CN(C(=O)OC(C)(C)C)C3)c1. The smallest absolute Gasteiger partial charge is 0.444 e. The van der Waals surface area contributed by atoms with E-state index in [1.807, 2.05) is 33.8 Å². The molecule has 2 aliphatic rings. The van der Waals surface area contributed by atoms with E-state index in [0.29, 0.717) is 19.5 Å². The quantitative estimate of drug-likeness (QED) is 0.606. The molecule has 1 aromatic carbocycles. The third-order valence-electron chi connectivity index (χ3n) is 5.85. The second-order valence-corrected chi connectivity index (χ2v) is 9.42. The molecule has 1 aromatic rings. The summed E-state index contributed by atoms with van der Waals surface area (Å²) in [5, 5.41) is 0. The number of carbonyl (C=O) groups excluding carboxylic acids is 1. The number of ether oxygens (including phenoxy) is 2. The van der Waals surface area contributed by atoms with Crippen LogP contribution in [0.25, 0.3) is 0 Å². The van der Waals surface area contributed by atoms with Gasteiger partial charge in [-0.15, -0.1) is 13.2 Å². The van der Waals surface area contributed by atoms with Gasteiger partial charge in [-0.3, -0.25) is 0 Å². The van der Waals surface area contributed by atoms with Crippen LogP contribution >= 0.6 is 0 Å². The molecule has 1 aliphatic heterocycles. The summed E-state index contributed by atoms with van der Waals surface area (Å²) in [6.45, 7) is 8.89. The summed E-state index contributed by atoms with van der Waals surface area (Å²) in [5.74, 6) is 0.0881. The molecule has 0 radical (unpaired) electrons. The molecule has 7 heteroatoms. The van der Waals surface area contributed by atoms with Crippen molar-refractivity contribution in [3.8, 4) is 5.75 Å². The molecule has 0 bridgehead atoms. The van der Waals surface area contributed by atoms with E-state index in [4.69, 9.17) is 4.74 Å². The first kappa shape index (κ1) is 21.8. The molecule has 1 amide bonds. The van der Waals surface area contributed by atoms with Crippen molar-refractivity contribution in [2.45, 2.75) is 77.7 Å². The van der Waals surface area contributed by atoms with Gasteiger partial charge in [0.25, 0.3) is 0 Å². The first-order valence-electron chi connectivity index (χ1n) is 10.3. The van der Waals surface area contributed by atoms with Gasteiger partial charge in [-0.1, -0.05) is 13.0 Å². The van der Waals surface area contributed by atoms with Gasteiger partial charge in [0.05, 0.1) is 0 Å². The average molecular weight is 413 g/mol. The fourth-order valence-electron chi connectivity index (χ4n) is 4.42. The van der Waals surface area contributed by atoms with Gasteiger partial charge in [-0.25, -0.2) is 4.79 Å². The molecule has 1 saturated carbocycles. The number of halogens is 3. The van der Waals surface area contributed by atoms with E-state index >= 15 is 0 Å². The summed E-state index contributed by atoms with van der Waals surface area (Å²) >= 11 is 0. The predicted molar refractivity (Wildman–Crippen MR) is 104 cm³/mol. The van der Waals surface area contributed by atoms with Gasteiger partial charge in [0, 0.05) is 18.5 Å². The summed E-state index contributed by atoms with van der Waals surface area (Å²) in [6, 6.07) is 4.99. The second kappa shape index (κ2) is 7.73. The zero-order valence-corrected chi connectivity index (χ0v) is 17.6. The summed E-state index contributed by atoms with van der Waals surface area (Å²) in [6.07, 6.45) is -0.566. The Labute approximate surface area is 170 Å². The first-order valence-corrected chi connectivity index (χ1v) is 10.3. The third-order valence-corrected chi connectivity index (χ3v) is 5.85. The fourth-order valence-corrected chi connectivity index (χ4v) is 4.42. The lowest BCUT2D eigenvalue weighted by Gasteiger charge is -2.53. The number of hydrogen-bond acceptors (Lipinski definition) is 3. The first-order chi connectivity index (χ1) is 13.4. The van der Waals surface area contributed by atoms with E-state index in [0.717, 1.165) is 36.8 Å². The van der Waals surface area contributed by atoms with Gasteiger partial charge in [0.15, 0.2) is 0 Å². The Hall–Kier alpha value is -1.92. The van der Waals surface area contributed by atoms with Crippen LogP contribution in [0.5, 0.6) is 5.75 Å². The standard InChI is InChI=1S/C22H30F3NO3/c1-5-15-10-17(12-18(11-15)28-22(23,24)25)16-6-8-21(9-7-16)13-26(14-21)19(27)29-20(2,3)4/h10-12,16H,5-9,13-14H2,1-4H3. The Morgan fingerprint density at radius 1 is 1.14 bits per heavy atom. The maximum atomic E-state index is 12.6. The molecular weight excluding hydrogens is 383 g/mol. The Morgan fingerprint density at radius 2 is 1.76 bits per heavy atom. The summed E-state index contributed by atoms with van der Waals surface area (Å²) in [7, 11) is 0. The maximum absolute atomic E-state index is 12.6. The molecule has 2 fully saturated rings. The number of carbonyl (C=O) groups is 1. The van der Waals surface area contributed by atoms with Crippen molar-refractivity contribution in [1.82, 2.24) is 4.90 Å². The highest BCUT2D eigenvalue weighted by Crippen LogP contribution is 2.49. The molecule has 3 rings (SSSR count). The Balaban J connectivity index is 1.60. The van der Waals surface area contributed by atoms with Crippen molar-refractivity contribution < 1.29 is 27.4 Å². The Morgan fingerprint density at radius 3 is 2.28 bits per heavy atom. The van der Waals surface area contributed by atoms with Gasteiger partial charge >= 0.3 is 12.5 Å². The number of nitrogens with zero attached hydrogens (tertiary/aromatic N) is 1. The Kier molecular flexibility index (Phi) is 5.80. The molecule has 29 heavy (non-hydrogen) atoms.